The number of ether oxygens (including phenoxy) is 2. The van der Waals surface area contributed by atoms with Gasteiger partial charge >= 0.3 is 5.97 Å². The van der Waals surface area contributed by atoms with E-state index < -0.39 is 6.10 Å². The summed E-state index contributed by atoms with van der Waals surface area (Å²) in [6, 6.07) is 0.220. The van der Waals surface area contributed by atoms with Gasteiger partial charge < -0.3 is 14.4 Å². The largest absolute Gasteiger partial charge is 0.467 e. The van der Waals surface area contributed by atoms with Crippen molar-refractivity contribution >= 4 is 23.6 Å². The Kier molecular flexibility index (Phi) is 5.54. The molecule has 2 fully saturated rings. The Morgan fingerprint density at radius 3 is 2.76 bits per heavy atom. The number of likely N-dealkylation sites (tertiary alicyclic amines) is 1. The van der Waals surface area contributed by atoms with Crippen molar-refractivity contribution in [3.63, 3.8) is 0 Å². The summed E-state index contributed by atoms with van der Waals surface area (Å²) < 4.78 is 10.6. The summed E-state index contributed by atoms with van der Waals surface area (Å²) in [7, 11) is 1.37. The minimum absolute atomic E-state index is 0.00150. The van der Waals surface area contributed by atoms with Gasteiger partial charge in [-0.25, -0.2) is 4.79 Å². The molecule has 120 valence electrons. The van der Waals surface area contributed by atoms with Crippen LogP contribution < -0.4 is 0 Å². The fourth-order valence-corrected chi connectivity index (χ4v) is 4.04. The van der Waals surface area contributed by atoms with Crippen LogP contribution in [0, 0.1) is 5.92 Å². The number of rotatable bonds is 4. The van der Waals surface area contributed by atoms with Crippen molar-refractivity contribution < 1.29 is 19.1 Å². The van der Waals surface area contributed by atoms with Gasteiger partial charge in [-0.15, -0.1) is 0 Å². The van der Waals surface area contributed by atoms with E-state index in [4.69, 9.17) is 9.47 Å². The molecular weight excluding hydrogens is 290 g/mol. The van der Waals surface area contributed by atoms with E-state index in [1.54, 1.807) is 11.8 Å². The molecule has 0 spiro atoms. The van der Waals surface area contributed by atoms with Crippen LogP contribution in [0.15, 0.2) is 0 Å². The van der Waals surface area contributed by atoms with Gasteiger partial charge in [0.15, 0.2) is 6.10 Å². The van der Waals surface area contributed by atoms with Gasteiger partial charge in [0.05, 0.1) is 19.3 Å². The van der Waals surface area contributed by atoms with Crippen LogP contribution in [0.25, 0.3) is 0 Å². The number of carbonyl (C=O) groups is 2. The van der Waals surface area contributed by atoms with Gasteiger partial charge in [-0.05, 0) is 26.0 Å². The highest BCUT2D eigenvalue weighted by molar-refractivity contribution is 7.98. The van der Waals surface area contributed by atoms with Crippen molar-refractivity contribution in [3.05, 3.63) is 0 Å². The first-order chi connectivity index (χ1) is 9.99. The molecule has 0 radical (unpaired) electrons. The molecule has 0 aliphatic carbocycles. The molecule has 0 bridgehead atoms. The maximum absolute atomic E-state index is 12.7. The van der Waals surface area contributed by atoms with Crippen LogP contribution >= 0.6 is 11.8 Å². The molecule has 2 saturated heterocycles. The number of fused-ring (bicyclic) bond motifs is 1. The van der Waals surface area contributed by atoms with Crippen molar-refractivity contribution in [1.29, 1.82) is 0 Å². The number of carbonyl (C=O) groups excluding carboxylic acids is 2. The fourth-order valence-electron chi connectivity index (χ4n) is 3.39. The Balaban J connectivity index is 2.12. The molecule has 0 unspecified atom stereocenters. The summed E-state index contributed by atoms with van der Waals surface area (Å²) in [4.78, 5) is 26.4. The number of esters is 1. The van der Waals surface area contributed by atoms with Crippen LogP contribution in [-0.4, -0.2) is 60.2 Å². The van der Waals surface area contributed by atoms with E-state index in [0.29, 0.717) is 6.42 Å². The van der Waals surface area contributed by atoms with E-state index in [1.165, 1.54) is 7.11 Å². The van der Waals surface area contributed by atoms with Gasteiger partial charge in [0.2, 0.25) is 5.91 Å². The van der Waals surface area contributed by atoms with E-state index in [-0.39, 0.29) is 36.0 Å². The van der Waals surface area contributed by atoms with Crippen LogP contribution in [0.4, 0.5) is 0 Å². The molecule has 6 heteroatoms. The maximum Gasteiger partial charge on any atom is 0.335 e. The van der Waals surface area contributed by atoms with Crippen LogP contribution in [0.5, 0.6) is 0 Å². The quantitative estimate of drug-likeness (QED) is 0.739. The first-order valence-corrected chi connectivity index (χ1v) is 8.93. The number of nitrogens with zero attached hydrogens (tertiary/aromatic N) is 1. The molecule has 0 aromatic rings. The van der Waals surface area contributed by atoms with E-state index in [0.717, 1.165) is 18.6 Å². The zero-order valence-electron chi connectivity index (χ0n) is 13.2. The van der Waals surface area contributed by atoms with Crippen molar-refractivity contribution in [2.24, 2.45) is 5.92 Å². The third kappa shape index (κ3) is 3.37. The molecule has 0 aromatic heterocycles. The normalized spacial score (nSPS) is 33.4. The van der Waals surface area contributed by atoms with Gasteiger partial charge in [0, 0.05) is 24.1 Å². The van der Waals surface area contributed by atoms with E-state index in [1.807, 2.05) is 18.1 Å². The minimum Gasteiger partial charge on any atom is -0.467 e. The topological polar surface area (TPSA) is 55.8 Å². The molecule has 21 heavy (non-hydrogen) atoms. The van der Waals surface area contributed by atoms with E-state index in [2.05, 4.69) is 6.92 Å². The highest BCUT2D eigenvalue weighted by Gasteiger charge is 2.48. The SMILES string of the molecule is COC(=O)[C@@H]1C[C@@H]2[C@H](CC[C@H](C)N2C(=O)[C@H](C)CSC)O1. The number of methoxy groups -OCH3 is 1. The second kappa shape index (κ2) is 7.01. The molecule has 0 aromatic carbocycles. The van der Waals surface area contributed by atoms with Gasteiger partial charge in [-0.1, -0.05) is 6.92 Å². The first kappa shape index (κ1) is 16.6. The van der Waals surface area contributed by atoms with Gasteiger partial charge in [-0.3, -0.25) is 4.79 Å². The molecule has 5 atom stereocenters. The van der Waals surface area contributed by atoms with Crippen LogP contribution in [0.2, 0.25) is 0 Å². The second-order valence-electron chi connectivity index (χ2n) is 6.02. The molecule has 2 aliphatic heterocycles. The molecule has 2 heterocycles. The van der Waals surface area contributed by atoms with Crippen LogP contribution in [0.1, 0.15) is 33.1 Å². The number of amides is 1. The Morgan fingerprint density at radius 2 is 2.14 bits per heavy atom. The summed E-state index contributed by atoms with van der Waals surface area (Å²) in [5.41, 5.74) is 0. The minimum atomic E-state index is -0.526. The summed E-state index contributed by atoms with van der Waals surface area (Å²) in [5, 5.41) is 0. The lowest BCUT2D eigenvalue weighted by Crippen LogP contribution is -2.54. The van der Waals surface area contributed by atoms with Crippen molar-refractivity contribution in [2.45, 2.75) is 57.4 Å². The summed E-state index contributed by atoms with van der Waals surface area (Å²) in [6.07, 6.45) is 3.84. The first-order valence-electron chi connectivity index (χ1n) is 7.54. The standard InChI is InChI=1S/C15H25NO4S/c1-9(8-21-4)14(17)16-10(2)5-6-12-11(16)7-13(20-12)15(18)19-3/h9-13H,5-8H2,1-4H3/t9-,10+,11-,12+,13+/m1/s1. The lowest BCUT2D eigenvalue weighted by atomic mass is 9.91. The molecular formula is C15H25NO4S. The Bertz CT molecular complexity index is 403. The highest BCUT2D eigenvalue weighted by Crippen LogP contribution is 2.36. The van der Waals surface area contributed by atoms with Gasteiger partial charge in [-0.2, -0.15) is 11.8 Å². The predicted molar refractivity (Wildman–Crippen MR) is 82.2 cm³/mol. The summed E-state index contributed by atoms with van der Waals surface area (Å²) >= 11 is 1.68. The average molecular weight is 315 g/mol. The lowest BCUT2D eigenvalue weighted by Gasteiger charge is -2.42. The Labute approximate surface area is 130 Å². The van der Waals surface area contributed by atoms with Crippen molar-refractivity contribution in [1.82, 2.24) is 4.90 Å². The van der Waals surface area contributed by atoms with Crippen LogP contribution in [0.3, 0.4) is 0 Å². The summed E-state index contributed by atoms with van der Waals surface area (Å²) in [5.74, 6) is 0.668. The molecule has 1 amide bonds. The highest BCUT2D eigenvalue weighted by atomic mass is 32.2. The van der Waals surface area contributed by atoms with Crippen molar-refractivity contribution in [2.75, 3.05) is 19.1 Å². The molecule has 0 saturated carbocycles. The monoisotopic (exact) mass is 315 g/mol. The van der Waals surface area contributed by atoms with E-state index in [9.17, 15) is 9.59 Å². The molecule has 5 nitrogen and oxygen atoms in total. The molecule has 2 rings (SSSR count). The van der Waals surface area contributed by atoms with Gasteiger partial charge in [0.1, 0.15) is 0 Å². The number of hydrogen-bond donors (Lipinski definition) is 0. The molecule has 0 N–H and O–H groups in total. The zero-order chi connectivity index (χ0) is 15.6. The average Bonchev–Trinajstić information content (AvgIpc) is 2.89. The fraction of sp³-hybridized carbons (Fsp3) is 0.867. The van der Waals surface area contributed by atoms with Crippen molar-refractivity contribution in [3.8, 4) is 0 Å². The predicted octanol–water partition coefficient (Wildman–Crippen LogP) is 1.70. The number of thioether (sulfide) groups is 1. The van der Waals surface area contributed by atoms with E-state index >= 15 is 0 Å². The smallest absolute Gasteiger partial charge is 0.335 e. The number of hydrogen-bond acceptors (Lipinski definition) is 5. The second-order valence-corrected chi connectivity index (χ2v) is 6.93. The molecule has 2 aliphatic rings. The lowest BCUT2D eigenvalue weighted by molar-refractivity contribution is -0.154. The zero-order valence-corrected chi connectivity index (χ0v) is 14.0. The number of piperidine rings is 1. The summed E-state index contributed by atoms with van der Waals surface area (Å²) in [6.45, 7) is 4.06. The van der Waals surface area contributed by atoms with Crippen LogP contribution in [-0.2, 0) is 19.1 Å². The Morgan fingerprint density at radius 1 is 1.43 bits per heavy atom. The third-order valence-corrected chi connectivity index (χ3v) is 5.32. The third-order valence-electron chi connectivity index (χ3n) is 4.48. The Hall–Kier alpha value is -0.750. The van der Waals surface area contributed by atoms with Gasteiger partial charge in [0.25, 0.3) is 0 Å². The maximum atomic E-state index is 12.7.